The molecule has 4 aromatic rings. The van der Waals surface area contributed by atoms with Crippen LogP contribution in [-0.2, 0) is 46.0 Å². The Morgan fingerprint density at radius 3 is 2.18 bits per heavy atom. The molecule has 45 heavy (non-hydrogen) atoms. The maximum Gasteiger partial charge on any atom is 0.354 e. The lowest BCUT2D eigenvalue weighted by molar-refractivity contribution is -0.176. The van der Waals surface area contributed by atoms with Gasteiger partial charge in [-0.05, 0) is 66.1 Å². The van der Waals surface area contributed by atoms with E-state index in [0.29, 0.717) is 20.6 Å². The predicted octanol–water partition coefficient (Wildman–Crippen LogP) is 6.82. The Kier molecular flexibility index (Phi) is 11.2. The van der Waals surface area contributed by atoms with E-state index < -0.39 is 39.2 Å². The van der Waals surface area contributed by atoms with E-state index >= 15 is 0 Å². The van der Waals surface area contributed by atoms with Crippen molar-refractivity contribution < 1.29 is 32.2 Å². The normalized spacial score (nSPS) is 13.8. The lowest BCUT2D eigenvalue weighted by Crippen LogP contribution is -2.45. The molecule has 0 aromatic heterocycles. The number of hydrogen-bond donors (Lipinski definition) is 1. The van der Waals surface area contributed by atoms with Crippen LogP contribution in [0.4, 0.5) is 0 Å². The Morgan fingerprint density at radius 2 is 1.58 bits per heavy atom. The molecule has 1 N–H and O–H groups in total. The van der Waals surface area contributed by atoms with Crippen LogP contribution in [0.1, 0.15) is 28.2 Å². The second-order valence-corrected chi connectivity index (χ2v) is 13.1. The van der Waals surface area contributed by atoms with E-state index in [-0.39, 0.29) is 11.5 Å². The Balaban J connectivity index is 2.01. The minimum absolute atomic E-state index is 0.0387. The molecule has 0 radical (unpaired) electrons. The lowest BCUT2D eigenvalue weighted by atomic mass is 9.76. The lowest BCUT2D eigenvalue weighted by Gasteiger charge is -2.38. The van der Waals surface area contributed by atoms with Gasteiger partial charge in [0.05, 0.1) is 25.7 Å². The van der Waals surface area contributed by atoms with E-state index in [2.05, 4.69) is 20.7 Å². The summed E-state index contributed by atoms with van der Waals surface area (Å²) in [4.78, 5) is 27.3. The molecule has 0 spiro atoms. The highest BCUT2D eigenvalue weighted by Crippen LogP contribution is 2.45. The van der Waals surface area contributed by atoms with E-state index in [1.54, 1.807) is 60.7 Å². The molecular weight excluding hydrogens is 682 g/mol. The topological polar surface area (TPSA) is 108 Å². The summed E-state index contributed by atoms with van der Waals surface area (Å²) in [7, 11) is -1.92. The average molecular weight is 713 g/mol. The molecule has 4 rings (SSSR count). The Hall–Kier alpha value is -3.96. The Labute approximate surface area is 276 Å². The Bertz CT molecular complexity index is 1780. The highest BCUT2D eigenvalue weighted by molar-refractivity contribution is 9.10. The van der Waals surface area contributed by atoms with Gasteiger partial charge < -0.3 is 14.2 Å². The van der Waals surface area contributed by atoms with Crippen molar-refractivity contribution in [3.63, 3.8) is 0 Å². The van der Waals surface area contributed by atoms with Crippen molar-refractivity contribution in [2.24, 2.45) is 0 Å². The Morgan fingerprint density at radius 1 is 0.911 bits per heavy atom. The van der Waals surface area contributed by atoms with Crippen LogP contribution in [0.2, 0.25) is 5.02 Å². The summed E-state index contributed by atoms with van der Waals surface area (Å²) in [5, 5.41) is 0.422. The van der Waals surface area contributed by atoms with E-state index in [4.69, 9.17) is 25.8 Å². The molecule has 0 aliphatic carbocycles. The van der Waals surface area contributed by atoms with Crippen LogP contribution < -0.4 is 4.72 Å². The summed E-state index contributed by atoms with van der Waals surface area (Å²) in [6.07, 6.45) is 1.31. The van der Waals surface area contributed by atoms with Crippen LogP contribution in [0, 0.1) is 6.92 Å². The first-order valence-corrected chi connectivity index (χ1v) is 16.3. The number of aryl methyl sites for hydroxylation is 1. The molecule has 11 heteroatoms. The van der Waals surface area contributed by atoms with Gasteiger partial charge in [0.25, 0.3) is 10.0 Å². The molecule has 2 unspecified atom stereocenters. The smallest absolute Gasteiger partial charge is 0.354 e. The number of ether oxygens (including phenoxy) is 3. The molecule has 0 bridgehead atoms. The van der Waals surface area contributed by atoms with Gasteiger partial charge in [0, 0.05) is 15.4 Å². The molecule has 0 saturated carbocycles. The van der Waals surface area contributed by atoms with Gasteiger partial charge in [-0.1, -0.05) is 99.8 Å². The van der Waals surface area contributed by atoms with Crippen molar-refractivity contribution in [3.05, 3.63) is 147 Å². The zero-order chi connectivity index (χ0) is 32.6. The molecule has 0 saturated heterocycles. The third kappa shape index (κ3) is 8.01. The summed E-state index contributed by atoms with van der Waals surface area (Å²) in [5.41, 5.74) is 0.0669. The van der Waals surface area contributed by atoms with Gasteiger partial charge in [-0.15, -0.1) is 0 Å². The second kappa shape index (κ2) is 14.9. The summed E-state index contributed by atoms with van der Waals surface area (Å²) in [5.74, 6) is -2.94. The maximum absolute atomic E-state index is 14.1. The molecular formula is C34H31BrClNO7S. The van der Waals surface area contributed by atoms with Crippen LogP contribution in [0.15, 0.2) is 124 Å². The number of esters is 2. The van der Waals surface area contributed by atoms with Crippen LogP contribution in [0.25, 0.3) is 0 Å². The maximum atomic E-state index is 14.1. The van der Waals surface area contributed by atoms with Crippen LogP contribution in [0.3, 0.4) is 0 Å². The van der Waals surface area contributed by atoms with Gasteiger partial charge in [-0.2, -0.15) is 0 Å². The quantitative estimate of drug-likeness (QED) is 0.127. The fourth-order valence-corrected chi connectivity index (χ4v) is 6.34. The molecule has 4 aromatic carbocycles. The third-order valence-corrected chi connectivity index (χ3v) is 9.16. The van der Waals surface area contributed by atoms with Crippen LogP contribution in [-0.4, -0.2) is 34.6 Å². The first-order valence-electron chi connectivity index (χ1n) is 13.7. The predicted molar refractivity (Wildman–Crippen MR) is 175 cm³/mol. The van der Waals surface area contributed by atoms with Crippen molar-refractivity contribution >= 4 is 49.5 Å². The van der Waals surface area contributed by atoms with Crippen molar-refractivity contribution in [1.82, 2.24) is 4.72 Å². The number of carbonyl (C=O) groups excluding carboxylic acids is 2. The van der Waals surface area contributed by atoms with Crippen LogP contribution >= 0.6 is 27.5 Å². The standard InChI is InChI=1S/C34H31BrClNO7S/c1-23-12-18-29(19-13-23)45(40,41)37-31(32(38)42-2)21-30(25-14-16-28(36)17-15-25)34(33(39)43-3,26-10-7-11-27(35)20-26)44-22-24-8-5-4-6-9-24/h4-21,30,37H,22H2,1-3H3/b31-21-. The monoisotopic (exact) mass is 711 g/mol. The summed E-state index contributed by atoms with van der Waals surface area (Å²) in [6.45, 7) is 1.78. The minimum Gasteiger partial charge on any atom is -0.467 e. The number of hydrogen-bond acceptors (Lipinski definition) is 7. The van der Waals surface area contributed by atoms with Gasteiger partial charge >= 0.3 is 11.9 Å². The van der Waals surface area contributed by atoms with Crippen molar-refractivity contribution in [2.45, 2.75) is 29.9 Å². The largest absolute Gasteiger partial charge is 0.467 e. The second-order valence-electron chi connectivity index (χ2n) is 10.0. The van der Waals surface area contributed by atoms with Crippen molar-refractivity contribution in [2.75, 3.05) is 14.2 Å². The fraction of sp³-hybridized carbons (Fsp3) is 0.176. The molecule has 0 aliphatic heterocycles. The number of rotatable bonds is 12. The van der Waals surface area contributed by atoms with E-state index in [9.17, 15) is 18.0 Å². The minimum atomic E-state index is -4.27. The highest BCUT2D eigenvalue weighted by atomic mass is 79.9. The van der Waals surface area contributed by atoms with Crippen molar-refractivity contribution in [3.8, 4) is 0 Å². The molecule has 234 valence electrons. The average Bonchev–Trinajstić information content (AvgIpc) is 3.04. The SMILES string of the molecule is COC(=O)/C(=C/C(c1ccc(Cl)cc1)C(OCc1ccccc1)(C(=O)OC)c1cccc(Br)c1)NS(=O)(=O)c1ccc(C)cc1. The van der Waals surface area contributed by atoms with Gasteiger partial charge in [0.2, 0.25) is 5.60 Å². The van der Waals surface area contributed by atoms with E-state index in [1.165, 1.54) is 25.3 Å². The van der Waals surface area contributed by atoms with Crippen LogP contribution in [0.5, 0.6) is 0 Å². The number of sulfonamides is 1. The number of nitrogens with one attached hydrogen (secondary N) is 1. The number of methoxy groups -OCH3 is 2. The van der Waals surface area contributed by atoms with Gasteiger partial charge in [0.15, 0.2) is 0 Å². The highest BCUT2D eigenvalue weighted by Gasteiger charge is 2.50. The first-order chi connectivity index (χ1) is 21.5. The zero-order valence-electron chi connectivity index (χ0n) is 24.7. The first kappa shape index (κ1) is 33.9. The summed E-state index contributed by atoms with van der Waals surface area (Å²) < 4.78 is 47.0. The van der Waals surface area contributed by atoms with Crippen molar-refractivity contribution in [1.29, 1.82) is 0 Å². The van der Waals surface area contributed by atoms with E-state index in [0.717, 1.165) is 18.2 Å². The third-order valence-electron chi connectivity index (χ3n) is 7.03. The number of benzene rings is 4. The summed E-state index contributed by atoms with van der Waals surface area (Å²) >= 11 is 9.72. The number of carbonyl (C=O) groups is 2. The fourth-order valence-electron chi connectivity index (χ4n) is 4.76. The number of halogens is 2. The molecule has 0 aliphatic rings. The zero-order valence-corrected chi connectivity index (χ0v) is 27.9. The molecule has 8 nitrogen and oxygen atoms in total. The molecule has 0 amide bonds. The summed E-state index contributed by atoms with van der Waals surface area (Å²) in [6, 6.07) is 28.8. The van der Waals surface area contributed by atoms with Gasteiger partial charge in [-0.3, -0.25) is 4.72 Å². The van der Waals surface area contributed by atoms with Gasteiger partial charge in [-0.25, -0.2) is 18.0 Å². The molecule has 2 atom stereocenters. The molecule has 0 heterocycles. The van der Waals surface area contributed by atoms with E-state index in [1.807, 2.05) is 37.3 Å². The van der Waals surface area contributed by atoms with Gasteiger partial charge in [0.1, 0.15) is 5.70 Å². The molecule has 0 fully saturated rings.